The van der Waals surface area contributed by atoms with Gasteiger partial charge in [-0.05, 0) is 64.1 Å². The van der Waals surface area contributed by atoms with E-state index in [1.54, 1.807) is 5.56 Å². The van der Waals surface area contributed by atoms with E-state index in [4.69, 9.17) is 0 Å². The Hall–Kier alpha value is -1.82. The maximum atomic E-state index is 3.42. The normalized spacial score (nSPS) is 16.8. The summed E-state index contributed by atoms with van der Waals surface area (Å²) in [5.74, 6) is 0.752. The third kappa shape index (κ3) is 2.00. The Labute approximate surface area is 120 Å². The molecule has 0 heterocycles. The van der Waals surface area contributed by atoms with Gasteiger partial charge in [0.25, 0.3) is 0 Å². The highest BCUT2D eigenvalue weighted by molar-refractivity contribution is 5.99. The molecule has 0 N–H and O–H groups in total. The molecule has 0 saturated heterocycles. The zero-order chi connectivity index (χ0) is 13.4. The van der Waals surface area contributed by atoms with Gasteiger partial charge in [0.1, 0.15) is 0 Å². The molecule has 0 atom stereocenters. The summed E-state index contributed by atoms with van der Waals surface area (Å²) in [6.45, 7) is 0. The topological polar surface area (TPSA) is 0 Å². The van der Waals surface area contributed by atoms with Crippen LogP contribution in [0.5, 0.6) is 0 Å². The molecule has 0 spiro atoms. The van der Waals surface area contributed by atoms with Crippen molar-refractivity contribution in [3.63, 3.8) is 0 Å². The monoisotopic (exact) mass is 259 g/mol. The molecular weight excluding hydrogens is 240 g/mol. The average molecular weight is 259 g/mol. The Morgan fingerprint density at radius 2 is 1.60 bits per heavy atom. The summed E-state index contributed by atoms with van der Waals surface area (Å²) in [7, 11) is 0. The van der Waals surface area contributed by atoms with Crippen molar-refractivity contribution < 1.29 is 0 Å². The molecular formula is C20H19. The first kappa shape index (κ1) is 12.0. The van der Waals surface area contributed by atoms with Crippen molar-refractivity contribution in [1.29, 1.82) is 0 Å². The van der Waals surface area contributed by atoms with E-state index in [1.165, 1.54) is 53.6 Å². The fraction of sp³-hybridized carbons (Fsp3) is 0.300. The maximum absolute atomic E-state index is 3.42. The lowest BCUT2D eigenvalue weighted by Gasteiger charge is -2.23. The molecule has 1 fully saturated rings. The van der Waals surface area contributed by atoms with Crippen LogP contribution in [0.4, 0.5) is 0 Å². The molecule has 1 saturated carbocycles. The number of hydrogen-bond acceptors (Lipinski definition) is 0. The summed E-state index contributed by atoms with van der Waals surface area (Å²) in [6, 6.07) is 21.1. The van der Waals surface area contributed by atoms with Crippen LogP contribution in [0.25, 0.3) is 21.5 Å². The molecule has 0 nitrogen and oxygen atoms in total. The molecule has 0 aromatic heterocycles. The van der Waals surface area contributed by atoms with Crippen LogP contribution in [-0.2, 0) is 0 Å². The first-order chi connectivity index (χ1) is 9.92. The molecule has 3 aromatic carbocycles. The van der Waals surface area contributed by atoms with Gasteiger partial charge >= 0.3 is 0 Å². The van der Waals surface area contributed by atoms with Crippen molar-refractivity contribution in [2.24, 2.45) is 0 Å². The van der Waals surface area contributed by atoms with Crippen LogP contribution >= 0.6 is 0 Å². The molecule has 0 unspecified atom stereocenters. The molecule has 0 aliphatic heterocycles. The predicted molar refractivity (Wildman–Crippen MR) is 86.1 cm³/mol. The number of hydrogen-bond donors (Lipinski definition) is 0. The largest absolute Gasteiger partial charge is 0.0616 e. The van der Waals surface area contributed by atoms with Crippen LogP contribution in [-0.4, -0.2) is 0 Å². The molecule has 0 bridgehead atoms. The van der Waals surface area contributed by atoms with E-state index in [-0.39, 0.29) is 0 Å². The number of fused-ring (bicyclic) bond motifs is 2. The second-order valence-corrected chi connectivity index (χ2v) is 6.01. The molecule has 1 radical (unpaired) electrons. The third-order valence-corrected chi connectivity index (χ3v) is 4.74. The molecule has 4 rings (SSSR count). The van der Waals surface area contributed by atoms with Crippen molar-refractivity contribution in [3.05, 3.63) is 60.2 Å². The Kier molecular flexibility index (Phi) is 2.95. The Balaban J connectivity index is 1.94. The molecule has 1 aliphatic carbocycles. The van der Waals surface area contributed by atoms with Gasteiger partial charge in [-0.2, -0.15) is 0 Å². The average Bonchev–Trinajstić information content (AvgIpc) is 2.53. The van der Waals surface area contributed by atoms with Crippen molar-refractivity contribution in [3.8, 4) is 0 Å². The lowest BCUT2D eigenvalue weighted by atomic mass is 9.82. The van der Waals surface area contributed by atoms with Crippen molar-refractivity contribution in [2.75, 3.05) is 0 Å². The predicted octanol–water partition coefficient (Wildman–Crippen LogP) is 5.84. The molecule has 0 heteroatoms. The highest BCUT2D eigenvalue weighted by atomic mass is 14.2. The Bertz CT molecular complexity index is 748. The summed E-state index contributed by atoms with van der Waals surface area (Å²) in [4.78, 5) is 0. The minimum atomic E-state index is 0.752. The Morgan fingerprint density at radius 3 is 2.40 bits per heavy atom. The van der Waals surface area contributed by atoms with Crippen LogP contribution < -0.4 is 0 Å². The molecule has 99 valence electrons. The second kappa shape index (κ2) is 4.94. The van der Waals surface area contributed by atoms with Crippen LogP contribution in [0.1, 0.15) is 43.6 Å². The summed E-state index contributed by atoms with van der Waals surface area (Å²) < 4.78 is 0. The molecule has 20 heavy (non-hydrogen) atoms. The minimum Gasteiger partial charge on any atom is -0.0616 e. The fourth-order valence-electron chi connectivity index (χ4n) is 3.68. The van der Waals surface area contributed by atoms with Gasteiger partial charge < -0.3 is 0 Å². The number of rotatable bonds is 1. The van der Waals surface area contributed by atoms with Crippen molar-refractivity contribution in [2.45, 2.75) is 38.0 Å². The van der Waals surface area contributed by atoms with Crippen LogP contribution in [0.3, 0.4) is 0 Å². The van der Waals surface area contributed by atoms with E-state index in [0.717, 1.165) is 5.92 Å². The first-order valence-corrected chi connectivity index (χ1v) is 7.75. The smallest absolute Gasteiger partial charge is 0.00959 e. The lowest BCUT2D eigenvalue weighted by Crippen LogP contribution is -2.04. The third-order valence-electron chi connectivity index (χ3n) is 4.74. The van der Waals surface area contributed by atoms with Crippen LogP contribution in [0.2, 0.25) is 0 Å². The van der Waals surface area contributed by atoms with E-state index < -0.39 is 0 Å². The van der Waals surface area contributed by atoms with Crippen LogP contribution in [0, 0.1) is 6.07 Å². The van der Waals surface area contributed by atoms with Gasteiger partial charge in [0.15, 0.2) is 0 Å². The summed E-state index contributed by atoms with van der Waals surface area (Å²) in [6.07, 6.45) is 6.89. The van der Waals surface area contributed by atoms with Gasteiger partial charge in [0, 0.05) is 0 Å². The Morgan fingerprint density at radius 1 is 0.850 bits per heavy atom. The van der Waals surface area contributed by atoms with Gasteiger partial charge in [0.05, 0.1) is 0 Å². The van der Waals surface area contributed by atoms with E-state index in [0.29, 0.717) is 0 Å². The number of benzene rings is 3. The lowest BCUT2D eigenvalue weighted by molar-refractivity contribution is 0.445. The minimum absolute atomic E-state index is 0.752. The zero-order valence-corrected chi connectivity index (χ0v) is 11.7. The van der Waals surface area contributed by atoms with Gasteiger partial charge in [-0.1, -0.05) is 55.7 Å². The van der Waals surface area contributed by atoms with Gasteiger partial charge in [-0.3, -0.25) is 0 Å². The maximum Gasteiger partial charge on any atom is -0.00959 e. The molecule has 1 aliphatic rings. The quantitative estimate of drug-likeness (QED) is 0.481. The van der Waals surface area contributed by atoms with Crippen LogP contribution in [0.15, 0.2) is 48.5 Å². The first-order valence-electron chi connectivity index (χ1n) is 7.75. The van der Waals surface area contributed by atoms with E-state index >= 15 is 0 Å². The summed E-state index contributed by atoms with van der Waals surface area (Å²) in [5.41, 5.74) is 1.55. The van der Waals surface area contributed by atoms with Gasteiger partial charge in [-0.15, -0.1) is 0 Å². The standard InChI is InChI=1S/C20H19/c1-2-7-15(8-3-1)19-12-6-11-18-13-16-9-4-5-10-17(16)14-20(18)19/h4-6,9-10,12-15H,1-3,7-8H2. The van der Waals surface area contributed by atoms with Crippen molar-refractivity contribution in [1.82, 2.24) is 0 Å². The van der Waals surface area contributed by atoms with Crippen molar-refractivity contribution >= 4 is 21.5 Å². The summed E-state index contributed by atoms with van der Waals surface area (Å²) in [5, 5.41) is 5.35. The SMILES string of the molecule is [c]1ccc(C2CCCCC2)c2cc3ccccc3cc12. The highest BCUT2D eigenvalue weighted by Gasteiger charge is 2.17. The molecule has 3 aromatic rings. The second-order valence-electron chi connectivity index (χ2n) is 6.01. The zero-order valence-electron chi connectivity index (χ0n) is 11.7. The summed E-state index contributed by atoms with van der Waals surface area (Å²) >= 11 is 0. The van der Waals surface area contributed by atoms with Gasteiger partial charge in [-0.25, -0.2) is 0 Å². The molecule has 0 amide bonds. The highest BCUT2D eigenvalue weighted by Crippen LogP contribution is 2.37. The van der Waals surface area contributed by atoms with Gasteiger partial charge in [0.2, 0.25) is 0 Å². The fourth-order valence-corrected chi connectivity index (χ4v) is 3.68. The van der Waals surface area contributed by atoms with E-state index in [1.807, 2.05) is 0 Å². The van der Waals surface area contributed by atoms with E-state index in [9.17, 15) is 0 Å². The van der Waals surface area contributed by atoms with E-state index in [2.05, 4.69) is 54.6 Å².